The summed E-state index contributed by atoms with van der Waals surface area (Å²) in [7, 11) is 1.62. The molecule has 1 aromatic carbocycles. The molecule has 0 radical (unpaired) electrons. The van der Waals surface area contributed by atoms with E-state index in [1.165, 1.54) is 0 Å². The van der Waals surface area contributed by atoms with Gasteiger partial charge in [0.2, 0.25) is 0 Å². The first-order chi connectivity index (χ1) is 7.74. The van der Waals surface area contributed by atoms with Gasteiger partial charge in [-0.2, -0.15) is 0 Å². The van der Waals surface area contributed by atoms with E-state index >= 15 is 0 Å². The van der Waals surface area contributed by atoms with E-state index in [2.05, 4.69) is 0 Å². The van der Waals surface area contributed by atoms with Crippen molar-refractivity contribution < 1.29 is 19.7 Å². The first kappa shape index (κ1) is 11.4. The molecule has 1 fully saturated rings. The number of aliphatic hydroxyl groups excluding tert-OH is 2. The fraction of sp³-hybridized carbons (Fsp3) is 0.500. The maximum atomic E-state index is 9.61. The van der Waals surface area contributed by atoms with Gasteiger partial charge in [0.15, 0.2) is 0 Å². The first-order valence-corrected chi connectivity index (χ1v) is 5.33. The molecule has 0 aromatic heterocycles. The van der Waals surface area contributed by atoms with E-state index in [4.69, 9.17) is 14.6 Å². The zero-order chi connectivity index (χ0) is 11.5. The largest absolute Gasteiger partial charge is 0.497 e. The number of aliphatic hydroxyl groups is 2. The first-order valence-electron chi connectivity index (χ1n) is 5.33. The molecule has 0 aliphatic carbocycles. The Morgan fingerprint density at radius 3 is 2.56 bits per heavy atom. The van der Waals surface area contributed by atoms with Crippen LogP contribution < -0.4 is 4.74 Å². The molecule has 3 atom stereocenters. The van der Waals surface area contributed by atoms with Crippen LogP contribution >= 0.6 is 0 Å². The van der Waals surface area contributed by atoms with Gasteiger partial charge in [-0.05, 0) is 17.7 Å². The Kier molecular flexibility index (Phi) is 3.43. The summed E-state index contributed by atoms with van der Waals surface area (Å²) < 4.78 is 10.6. The molecule has 0 saturated carbocycles. The van der Waals surface area contributed by atoms with Crippen molar-refractivity contribution in [2.75, 3.05) is 13.7 Å². The molecule has 2 N–H and O–H groups in total. The zero-order valence-corrected chi connectivity index (χ0v) is 9.17. The van der Waals surface area contributed by atoms with Crippen molar-refractivity contribution in [2.45, 2.75) is 24.7 Å². The zero-order valence-electron chi connectivity index (χ0n) is 9.17. The van der Waals surface area contributed by atoms with Gasteiger partial charge in [0, 0.05) is 6.42 Å². The van der Waals surface area contributed by atoms with Crippen LogP contribution in [0.15, 0.2) is 24.3 Å². The van der Waals surface area contributed by atoms with E-state index in [1.54, 1.807) is 7.11 Å². The highest BCUT2D eigenvalue weighted by molar-refractivity contribution is 5.29. The van der Waals surface area contributed by atoms with Crippen molar-refractivity contribution in [3.8, 4) is 5.75 Å². The number of hydrogen-bond acceptors (Lipinski definition) is 4. The second-order valence-corrected chi connectivity index (χ2v) is 3.92. The Bertz CT molecular complexity index is 335. The van der Waals surface area contributed by atoms with E-state index in [0.29, 0.717) is 6.42 Å². The van der Waals surface area contributed by atoms with Gasteiger partial charge in [-0.3, -0.25) is 0 Å². The Labute approximate surface area is 94.4 Å². The van der Waals surface area contributed by atoms with E-state index in [9.17, 15) is 5.11 Å². The molecule has 16 heavy (non-hydrogen) atoms. The average molecular weight is 224 g/mol. The monoisotopic (exact) mass is 224 g/mol. The lowest BCUT2D eigenvalue weighted by Gasteiger charge is -2.12. The van der Waals surface area contributed by atoms with Crippen molar-refractivity contribution in [1.82, 2.24) is 0 Å². The lowest BCUT2D eigenvalue weighted by atomic mass is 10.0. The minimum Gasteiger partial charge on any atom is -0.497 e. The lowest BCUT2D eigenvalue weighted by molar-refractivity contribution is -0.0225. The van der Waals surface area contributed by atoms with Crippen molar-refractivity contribution >= 4 is 0 Å². The van der Waals surface area contributed by atoms with Crippen LogP contribution in [0, 0.1) is 0 Å². The second kappa shape index (κ2) is 4.82. The van der Waals surface area contributed by atoms with Crippen LogP contribution in [0.2, 0.25) is 0 Å². The van der Waals surface area contributed by atoms with Gasteiger partial charge in [0.1, 0.15) is 11.9 Å². The molecule has 88 valence electrons. The maximum Gasteiger partial charge on any atom is 0.118 e. The van der Waals surface area contributed by atoms with Crippen molar-refractivity contribution in [3.63, 3.8) is 0 Å². The average Bonchev–Trinajstić information content (AvgIpc) is 2.71. The smallest absolute Gasteiger partial charge is 0.118 e. The predicted octanol–water partition coefficient (Wildman–Crippen LogP) is 0.878. The Morgan fingerprint density at radius 1 is 1.38 bits per heavy atom. The number of ether oxygens (including phenoxy) is 2. The Morgan fingerprint density at radius 2 is 2.06 bits per heavy atom. The summed E-state index contributed by atoms with van der Waals surface area (Å²) in [5, 5.41) is 18.6. The van der Waals surface area contributed by atoms with Crippen LogP contribution in [0.1, 0.15) is 18.1 Å². The van der Waals surface area contributed by atoms with Crippen LogP contribution in [0.3, 0.4) is 0 Å². The van der Waals surface area contributed by atoms with Gasteiger partial charge in [0.05, 0.1) is 25.9 Å². The number of hydrogen-bond donors (Lipinski definition) is 2. The number of rotatable bonds is 3. The lowest BCUT2D eigenvalue weighted by Crippen LogP contribution is -2.24. The summed E-state index contributed by atoms with van der Waals surface area (Å²) in [6.45, 7) is -0.145. The molecule has 1 heterocycles. The summed E-state index contributed by atoms with van der Waals surface area (Å²) >= 11 is 0. The number of methoxy groups -OCH3 is 1. The highest BCUT2D eigenvalue weighted by Crippen LogP contribution is 2.33. The molecular weight excluding hydrogens is 208 g/mol. The fourth-order valence-corrected chi connectivity index (χ4v) is 1.93. The van der Waals surface area contributed by atoms with E-state index in [-0.39, 0.29) is 12.7 Å². The molecule has 0 amide bonds. The predicted molar refractivity (Wildman–Crippen MR) is 58.3 cm³/mol. The Balaban J connectivity index is 2.08. The molecule has 1 aromatic rings. The van der Waals surface area contributed by atoms with Crippen LogP contribution in [0.4, 0.5) is 0 Å². The molecule has 0 unspecified atom stereocenters. The van der Waals surface area contributed by atoms with Gasteiger partial charge in [-0.1, -0.05) is 12.1 Å². The van der Waals surface area contributed by atoms with Crippen LogP contribution in [-0.2, 0) is 4.74 Å². The van der Waals surface area contributed by atoms with Crippen LogP contribution in [-0.4, -0.2) is 36.1 Å². The van der Waals surface area contributed by atoms with Crippen molar-refractivity contribution in [2.24, 2.45) is 0 Å². The quantitative estimate of drug-likeness (QED) is 0.800. The van der Waals surface area contributed by atoms with Crippen LogP contribution in [0.25, 0.3) is 0 Å². The number of benzene rings is 1. The fourth-order valence-electron chi connectivity index (χ4n) is 1.93. The summed E-state index contributed by atoms with van der Waals surface area (Å²) in [6.07, 6.45) is -0.667. The minimum absolute atomic E-state index is 0.141. The van der Waals surface area contributed by atoms with Gasteiger partial charge < -0.3 is 19.7 Å². The molecule has 1 aliphatic rings. The molecule has 0 bridgehead atoms. The SMILES string of the molecule is COc1ccc([C@H]2C[C@H](O)[C@@H](CO)O2)cc1. The molecule has 4 nitrogen and oxygen atoms in total. The van der Waals surface area contributed by atoms with Gasteiger partial charge in [-0.25, -0.2) is 0 Å². The third-order valence-corrected chi connectivity index (χ3v) is 2.89. The van der Waals surface area contributed by atoms with Gasteiger partial charge >= 0.3 is 0 Å². The summed E-state index contributed by atoms with van der Waals surface area (Å²) in [5.41, 5.74) is 0.996. The molecule has 1 aliphatic heterocycles. The normalized spacial score (nSPS) is 29.3. The third kappa shape index (κ3) is 2.19. The Hall–Kier alpha value is -1.10. The van der Waals surface area contributed by atoms with Gasteiger partial charge in [0.25, 0.3) is 0 Å². The highest BCUT2D eigenvalue weighted by atomic mass is 16.5. The minimum atomic E-state index is -0.586. The summed E-state index contributed by atoms with van der Waals surface area (Å²) in [4.78, 5) is 0. The summed E-state index contributed by atoms with van der Waals surface area (Å²) in [5.74, 6) is 0.793. The standard InChI is InChI=1S/C12H16O4/c1-15-9-4-2-8(3-5-9)11-6-10(14)12(7-13)16-11/h2-5,10-14H,6-7H2,1H3/t10-,11+,12+/m0/s1. The highest BCUT2D eigenvalue weighted by Gasteiger charge is 2.33. The molecule has 1 saturated heterocycles. The molecular formula is C12H16O4. The van der Waals surface area contributed by atoms with E-state index in [1.807, 2.05) is 24.3 Å². The topological polar surface area (TPSA) is 58.9 Å². The van der Waals surface area contributed by atoms with Gasteiger partial charge in [-0.15, -0.1) is 0 Å². The van der Waals surface area contributed by atoms with Crippen LogP contribution in [0.5, 0.6) is 5.75 Å². The molecule has 4 heteroatoms. The van der Waals surface area contributed by atoms with Crippen molar-refractivity contribution in [1.29, 1.82) is 0 Å². The maximum absolute atomic E-state index is 9.61. The van der Waals surface area contributed by atoms with Crippen molar-refractivity contribution in [3.05, 3.63) is 29.8 Å². The molecule has 2 rings (SSSR count). The van der Waals surface area contributed by atoms with E-state index in [0.717, 1.165) is 11.3 Å². The second-order valence-electron chi connectivity index (χ2n) is 3.92. The van der Waals surface area contributed by atoms with E-state index < -0.39 is 12.2 Å². The summed E-state index contributed by atoms with van der Waals surface area (Å²) in [6, 6.07) is 7.54. The third-order valence-electron chi connectivity index (χ3n) is 2.89. The molecule has 0 spiro atoms.